The van der Waals surface area contributed by atoms with Gasteiger partial charge in [-0.1, -0.05) is 17.9 Å². The summed E-state index contributed by atoms with van der Waals surface area (Å²) in [7, 11) is 0. The quantitative estimate of drug-likeness (QED) is 0.387. The summed E-state index contributed by atoms with van der Waals surface area (Å²) in [6, 6.07) is 5.71. The molecule has 0 spiro atoms. The second kappa shape index (κ2) is 4.77. The van der Waals surface area contributed by atoms with Crippen LogP contribution in [0, 0.1) is 27.8 Å². The van der Waals surface area contributed by atoms with E-state index in [0.717, 1.165) is 12.3 Å². The van der Waals surface area contributed by atoms with E-state index >= 15 is 0 Å². The van der Waals surface area contributed by atoms with E-state index in [1.165, 1.54) is 18.2 Å². The lowest BCUT2D eigenvalue weighted by Gasteiger charge is -1.87. The van der Waals surface area contributed by atoms with Crippen molar-refractivity contribution < 1.29 is 9.31 Å². The van der Waals surface area contributed by atoms with Crippen molar-refractivity contribution in [2.75, 3.05) is 0 Å². The van der Waals surface area contributed by atoms with Gasteiger partial charge in [0.15, 0.2) is 0 Å². The molecule has 0 aliphatic heterocycles. The van der Waals surface area contributed by atoms with E-state index in [0.29, 0.717) is 5.56 Å². The molecule has 0 N–H and O–H groups in total. The van der Waals surface area contributed by atoms with Crippen LogP contribution in [-0.4, -0.2) is 4.92 Å². The average Bonchev–Trinajstić information content (AvgIpc) is 2.12. The standard InChI is InChI=1S/C10H6FNO2/c11-10-6-3-5-9(8-10)4-1-2-7-12(13)14/h2-3,5-8H/b7-2+. The Morgan fingerprint density at radius 3 is 2.93 bits per heavy atom. The molecule has 0 atom stereocenters. The molecular formula is C10H6FNO2. The minimum atomic E-state index is -0.611. The molecule has 0 radical (unpaired) electrons. The molecule has 1 rings (SSSR count). The van der Waals surface area contributed by atoms with E-state index in [2.05, 4.69) is 11.8 Å². The van der Waals surface area contributed by atoms with Crippen molar-refractivity contribution in [3.63, 3.8) is 0 Å². The van der Waals surface area contributed by atoms with Gasteiger partial charge in [0.05, 0.1) is 11.0 Å². The summed E-state index contributed by atoms with van der Waals surface area (Å²) in [4.78, 5) is 9.24. The molecule has 0 unspecified atom stereocenters. The normalized spacial score (nSPS) is 9.50. The fraction of sp³-hybridized carbons (Fsp3) is 0. The molecule has 14 heavy (non-hydrogen) atoms. The molecule has 3 nitrogen and oxygen atoms in total. The number of hydrogen-bond donors (Lipinski definition) is 0. The minimum Gasteiger partial charge on any atom is -0.259 e. The Morgan fingerprint density at radius 1 is 1.50 bits per heavy atom. The van der Waals surface area contributed by atoms with Crippen molar-refractivity contribution in [1.29, 1.82) is 0 Å². The monoisotopic (exact) mass is 191 g/mol. The number of benzene rings is 1. The van der Waals surface area contributed by atoms with Gasteiger partial charge in [-0.15, -0.1) is 0 Å². The second-order valence-electron chi connectivity index (χ2n) is 2.38. The van der Waals surface area contributed by atoms with Crippen LogP contribution in [0.4, 0.5) is 4.39 Å². The predicted octanol–water partition coefficient (Wildman–Crippen LogP) is 1.97. The van der Waals surface area contributed by atoms with Gasteiger partial charge in [0.25, 0.3) is 0 Å². The molecule has 4 heteroatoms. The number of rotatable bonds is 1. The Balaban J connectivity index is 2.73. The zero-order chi connectivity index (χ0) is 10.4. The van der Waals surface area contributed by atoms with Crippen LogP contribution >= 0.6 is 0 Å². The molecule has 0 saturated heterocycles. The molecule has 0 aliphatic rings. The van der Waals surface area contributed by atoms with Crippen LogP contribution in [0.3, 0.4) is 0 Å². The molecule has 1 aromatic rings. The van der Waals surface area contributed by atoms with Crippen LogP contribution in [0.5, 0.6) is 0 Å². The maximum Gasteiger partial charge on any atom is 0.242 e. The zero-order valence-electron chi connectivity index (χ0n) is 7.11. The number of allylic oxidation sites excluding steroid dienone is 1. The number of nitrogens with zero attached hydrogens (tertiary/aromatic N) is 1. The largest absolute Gasteiger partial charge is 0.259 e. The molecule has 0 bridgehead atoms. The summed E-state index contributed by atoms with van der Waals surface area (Å²) < 4.78 is 12.6. The molecule has 0 saturated carbocycles. The van der Waals surface area contributed by atoms with E-state index in [1.54, 1.807) is 6.07 Å². The highest BCUT2D eigenvalue weighted by Crippen LogP contribution is 2.00. The SMILES string of the molecule is O=[N+]([O-])/C=C/C#Cc1cccc(F)c1. The summed E-state index contributed by atoms with van der Waals surface area (Å²) in [5, 5.41) is 9.86. The van der Waals surface area contributed by atoms with E-state index < -0.39 is 4.92 Å². The van der Waals surface area contributed by atoms with Gasteiger partial charge in [-0.05, 0) is 18.2 Å². The first-order chi connectivity index (χ1) is 6.68. The molecule has 70 valence electrons. The van der Waals surface area contributed by atoms with Gasteiger partial charge in [-0.25, -0.2) is 4.39 Å². The second-order valence-corrected chi connectivity index (χ2v) is 2.38. The van der Waals surface area contributed by atoms with Crippen LogP contribution in [0.25, 0.3) is 0 Å². The van der Waals surface area contributed by atoms with E-state index in [9.17, 15) is 14.5 Å². The number of hydrogen-bond acceptors (Lipinski definition) is 2. The van der Waals surface area contributed by atoms with Crippen LogP contribution < -0.4 is 0 Å². The van der Waals surface area contributed by atoms with Gasteiger partial charge >= 0.3 is 0 Å². The Labute approximate surface area is 80.0 Å². The van der Waals surface area contributed by atoms with Gasteiger partial charge in [-0.3, -0.25) is 10.1 Å². The smallest absolute Gasteiger partial charge is 0.242 e. The van der Waals surface area contributed by atoms with Crippen molar-refractivity contribution in [1.82, 2.24) is 0 Å². The third kappa shape index (κ3) is 3.50. The lowest BCUT2D eigenvalue weighted by Crippen LogP contribution is -1.80. The molecule has 0 aliphatic carbocycles. The Kier molecular flexibility index (Phi) is 3.39. The summed E-state index contributed by atoms with van der Waals surface area (Å²) in [6.07, 6.45) is 1.83. The molecule has 0 aromatic heterocycles. The highest BCUT2D eigenvalue weighted by molar-refractivity contribution is 5.36. The van der Waals surface area contributed by atoms with Crippen molar-refractivity contribution >= 4 is 0 Å². The Hall–Kier alpha value is -2.15. The van der Waals surface area contributed by atoms with E-state index in [4.69, 9.17) is 0 Å². The lowest BCUT2D eigenvalue weighted by molar-refractivity contribution is -0.402. The highest BCUT2D eigenvalue weighted by atomic mass is 19.1. The summed E-state index contributed by atoms with van der Waals surface area (Å²) in [5.41, 5.74) is 0.484. The zero-order valence-corrected chi connectivity index (χ0v) is 7.11. The first kappa shape index (κ1) is 9.93. The molecule has 1 aromatic carbocycles. The average molecular weight is 191 g/mol. The first-order valence-corrected chi connectivity index (χ1v) is 3.76. The van der Waals surface area contributed by atoms with Gasteiger partial charge in [0.2, 0.25) is 6.20 Å². The maximum absolute atomic E-state index is 12.6. The fourth-order valence-corrected chi connectivity index (χ4v) is 0.789. The van der Waals surface area contributed by atoms with Crippen LogP contribution in [-0.2, 0) is 0 Å². The first-order valence-electron chi connectivity index (χ1n) is 3.76. The topological polar surface area (TPSA) is 43.1 Å². The van der Waals surface area contributed by atoms with Crippen LogP contribution in [0.15, 0.2) is 36.5 Å². The van der Waals surface area contributed by atoms with E-state index in [-0.39, 0.29) is 5.82 Å². The maximum atomic E-state index is 12.6. The third-order valence-electron chi connectivity index (χ3n) is 1.32. The van der Waals surface area contributed by atoms with Crippen LogP contribution in [0.2, 0.25) is 0 Å². The highest BCUT2D eigenvalue weighted by Gasteiger charge is 1.88. The van der Waals surface area contributed by atoms with Crippen molar-refractivity contribution in [3.8, 4) is 11.8 Å². The summed E-state index contributed by atoms with van der Waals surface area (Å²) in [5.74, 6) is 4.60. The minimum absolute atomic E-state index is 0.380. The van der Waals surface area contributed by atoms with Crippen LogP contribution in [0.1, 0.15) is 5.56 Å². The third-order valence-corrected chi connectivity index (χ3v) is 1.32. The summed E-state index contributed by atoms with van der Waals surface area (Å²) >= 11 is 0. The van der Waals surface area contributed by atoms with Crippen molar-refractivity contribution in [3.05, 3.63) is 58.0 Å². The Bertz CT molecular complexity index is 429. The van der Waals surface area contributed by atoms with Gasteiger partial charge in [0.1, 0.15) is 5.82 Å². The van der Waals surface area contributed by atoms with Crippen molar-refractivity contribution in [2.24, 2.45) is 0 Å². The lowest BCUT2D eigenvalue weighted by atomic mass is 10.2. The molecular weight excluding hydrogens is 185 g/mol. The predicted molar refractivity (Wildman–Crippen MR) is 49.4 cm³/mol. The summed E-state index contributed by atoms with van der Waals surface area (Å²) in [6.45, 7) is 0. The van der Waals surface area contributed by atoms with E-state index in [1.807, 2.05) is 0 Å². The Morgan fingerprint density at radius 2 is 2.29 bits per heavy atom. The number of halogens is 1. The van der Waals surface area contributed by atoms with Gasteiger partial charge < -0.3 is 0 Å². The van der Waals surface area contributed by atoms with Gasteiger partial charge in [-0.2, -0.15) is 0 Å². The fourth-order valence-electron chi connectivity index (χ4n) is 0.789. The van der Waals surface area contributed by atoms with Crippen molar-refractivity contribution in [2.45, 2.75) is 0 Å². The molecule has 0 amide bonds. The number of nitro groups is 1. The van der Waals surface area contributed by atoms with Gasteiger partial charge in [0, 0.05) is 5.56 Å². The molecule has 0 heterocycles. The molecule has 0 fully saturated rings.